The molecule has 1 atom stereocenters. The zero-order valence-electron chi connectivity index (χ0n) is 11.4. The Hall–Kier alpha value is -1.39. The maximum atomic E-state index is 12.4. The van der Waals surface area contributed by atoms with Crippen LogP contribution in [0.15, 0.2) is 30.3 Å². The summed E-state index contributed by atoms with van der Waals surface area (Å²) in [6, 6.07) is 9.70. The van der Waals surface area contributed by atoms with Crippen molar-refractivity contribution in [3.8, 4) is 0 Å². The number of nitrogens with one attached hydrogen (secondary N) is 1. The van der Waals surface area contributed by atoms with Gasteiger partial charge in [-0.05, 0) is 25.3 Å². The lowest BCUT2D eigenvalue weighted by Gasteiger charge is -2.35. The fraction of sp³-hybridized carbons (Fsp3) is 0.533. The number of benzene rings is 1. The number of nitrogens with two attached hydrogens (primary N) is 1. The highest BCUT2D eigenvalue weighted by atomic mass is 16.5. The van der Waals surface area contributed by atoms with Gasteiger partial charge in [0.2, 0.25) is 5.91 Å². The van der Waals surface area contributed by atoms with Crippen LogP contribution in [0.25, 0.3) is 0 Å². The molecule has 0 spiro atoms. The second-order valence-electron chi connectivity index (χ2n) is 5.36. The summed E-state index contributed by atoms with van der Waals surface area (Å²) in [7, 11) is 0. The third kappa shape index (κ3) is 3.55. The average Bonchev–Trinajstić information content (AvgIpc) is 2.41. The largest absolute Gasteiger partial charge is 0.381 e. The molecule has 1 amide bonds. The second-order valence-corrected chi connectivity index (χ2v) is 5.36. The van der Waals surface area contributed by atoms with Crippen molar-refractivity contribution < 1.29 is 9.53 Å². The van der Waals surface area contributed by atoms with Gasteiger partial charge in [-0.25, -0.2) is 0 Å². The number of rotatable bonds is 4. The Kier molecular flexibility index (Phi) is 4.56. The summed E-state index contributed by atoms with van der Waals surface area (Å²) in [6.07, 6.45) is 1.70. The van der Waals surface area contributed by atoms with E-state index in [-0.39, 0.29) is 17.4 Å². The lowest BCUT2D eigenvalue weighted by molar-refractivity contribution is -0.125. The summed E-state index contributed by atoms with van der Waals surface area (Å²) >= 11 is 0. The van der Waals surface area contributed by atoms with Crippen molar-refractivity contribution >= 4 is 5.91 Å². The molecule has 0 aromatic heterocycles. The fourth-order valence-electron chi connectivity index (χ4n) is 2.41. The first-order valence-electron chi connectivity index (χ1n) is 6.79. The van der Waals surface area contributed by atoms with Crippen LogP contribution in [0.4, 0.5) is 0 Å². The third-order valence-electron chi connectivity index (χ3n) is 3.78. The number of carbonyl (C=O) groups excluding carboxylic acids is 1. The van der Waals surface area contributed by atoms with Crippen LogP contribution in [0.1, 0.15) is 31.2 Å². The zero-order chi connectivity index (χ0) is 13.7. The lowest BCUT2D eigenvalue weighted by atomic mass is 9.90. The SMILES string of the molecule is CC1(NC(=O)C(CN)c2ccccc2)CCOCC1. The minimum absolute atomic E-state index is 0.0121. The van der Waals surface area contributed by atoms with Gasteiger partial charge in [0.25, 0.3) is 0 Å². The molecule has 1 saturated heterocycles. The first-order valence-corrected chi connectivity index (χ1v) is 6.79. The van der Waals surface area contributed by atoms with Crippen molar-refractivity contribution in [3.63, 3.8) is 0 Å². The summed E-state index contributed by atoms with van der Waals surface area (Å²) in [6.45, 7) is 3.80. The lowest BCUT2D eigenvalue weighted by Crippen LogP contribution is -2.51. The molecular weight excluding hydrogens is 240 g/mol. The van der Waals surface area contributed by atoms with Crippen LogP contribution in [0.5, 0.6) is 0 Å². The van der Waals surface area contributed by atoms with Crippen molar-refractivity contribution in [2.75, 3.05) is 19.8 Å². The number of amides is 1. The molecule has 1 heterocycles. The minimum Gasteiger partial charge on any atom is -0.381 e. The highest BCUT2D eigenvalue weighted by Crippen LogP contribution is 2.22. The molecule has 1 aromatic carbocycles. The van der Waals surface area contributed by atoms with Gasteiger partial charge in [-0.2, -0.15) is 0 Å². The van der Waals surface area contributed by atoms with E-state index in [4.69, 9.17) is 10.5 Å². The van der Waals surface area contributed by atoms with Crippen molar-refractivity contribution in [2.24, 2.45) is 5.73 Å². The molecule has 1 aliphatic rings. The molecule has 3 N–H and O–H groups in total. The minimum atomic E-state index is -0.277. The third-order valence-corrected chi connectivity index (χ3v) is 3.78. The predicted molar refractivity (Wildman–Crippen MR) is 74.8 cm³/mol. The van der Waals surface area contributed by atoms with Gasteiger partial charge in [0.05, 0.1) is 5.92 Å². The fourth-order valence-corrected chi connectivity index (χ4v) is 2.41. The number of carbonyl (C=O) groups is 1. The molecule has 4 heteroatoms. The quantitative estimate of drug-likeness (QED) is 0.862. The summed E-state index contributed by atoms with van der Waals surface area (Å²) < 4.78 is 5.34. The topological polar surface area (TPSA) is 64.4 Å². The van der Waals surface area contributed by atoms with E-state index in [0.29, 0.717) is 19.8 Å². The van der Waals surface area contributed by atoms with E-state index in [1.165, 1.54) is 0 Å². The van der Waals surface area contributed by atoms with E-state index in [1.54, 1.807) is 0 Å². The summed E-state index contributed by atoms with van der Waals surface area (Å²) in [5, 5.41) is 3.15. The molecule has 1 aliphatic heterocycles. The van der Waals surface area contributed by atoms with Crippen molar-refractivity contribution in [3.05, 3.63) is 35.9 Å². The summed E-state index contributed by atoms with van der Waals surface area (Å²) in [5.41, 5.74) is 6.57. The number of hydrogen-bond acceptors (Lipinski definition) is 3. The van der Waals surface area contributed by atoms with Crippen LogP contribution in [0, 0.1) is 0 Å². The Morgan fingerprint density at radius 1 is 1.37 bits per heavy atom. The van der Waals surface area contributed by atoms with E-state index >= 15 is 0 Å². The van der Waals surface area contributed by atoms with Crippen LogP contribution in [0.2, 0.25) is 0 Å². The van der Waals surface area contributed by atoms with Gasteiger partial charge in [0.15, 0.2) is 0 Å². The first kappa shape index (κ1) is 14.0. The molecule has 0 aliphatic carbocycles. The summed E-state index contributed by atoms with van der Waals surface area (Å²) in [5.74, 6) is -0.265. The summed E-state index contributed by atoms with van der Waals surface area (Å²) in [4.78, 5) is 12.4. The normalized spacial score (nSPS) is 19.7. The van der Waals surface area contributed by atoms with Gasteiger partial charge >= 0.3 is 0 Å². The van der Waals surface area contributed by atoms with Crippen molar-refractivity contribution in [2.45, 2.75) is 31.2 Å². The van der Waals surface area contributed by atoms with Crippen molar-refractivity contribution in [1.82, 2.24) is 5.32 Å². The monoisotopic (exact) mass is 262 g/mol. The van der Waals surface area contributed by atoms with E-state index in [9.17, 15) is 4.79 Å². The van der Waals surface area contributed by atoms with Crippen molar-refractivity contribution in [1.29, 1.82) is 0 Å². The maximum Gasteiger partial charge on any atom is 0.229 e. The maximum absolute atomic E-state index is 12.4. The van der Waals surface area contributed by atoms with Gasteiger partial charge in [0.1, 0.15) is 0 Å². The van der Waals surface area contributed by atoms with Gasteiger partial charge < -0.3 is 15.8 Å². The van der Waals surface area contributed by atoms with Crippen LogP contribution >= 0.6 is 0 Å². The van der Waals surface area contributed by atoms with E-state index in [0.717, 1.165) is 18.4 Å². The van der Waals surface area contributed by atoms with Crippen LogP contribution in [-0.4, -0.2) is 31.2 Å². The molecule has 4 nitrogen and oxygen atoms in total. The molecular formula is C15H22N2O2. The van der Waals surface area contributed by atoms with Gasteiger partial charge in [0, 0.05) is 25.3 Å². The van der Waals surface area contributed by atoms with E-state index in [2.05, 4.69) is 12.2 Å². The molecule has 0 saturated carbocycles. The zero-order valence-corrected chi connectivity index (χ0v) is 11.4. The number of ether oxygens (including phenoxy) is 1. The number of hydrogen-bond donors (Lipinski definition) is 2. The Bertz CT molecular complexity index is 413. The highest BCUT2D eigenvalue weighted by Gasteiger charge is 2.31. The van der Waals surface area contributed by atoms with Crippen LogP contribution < -0.4 is 11.1 Å². The van der Waals surface area contributed by atoms with Gasteiger partial charge in [-0.15, -0.1) is 0 Å². The molecule has 1 aromatic rings. The smallest absolute Gasteiger partial charge is 0.229 e. The van der Waals surface area contributed by atoms with Gasteiger partial charge in [-0.1, -0.05) is 30.3 Å². The van der Waals surface area contributed by atoms with Gasteiger partial charge in [-0.3, -0.25) is 4.79 Å². The Labute approximate surface area is 114 Å². The molecule has 0 radical (unpaired) electrons. The van der Waals surface area contributed by atoms with Crippen LogP contribution in [0.3, 0.4) is 0 Å². The second kappa shape index (κ2) is 6.17. The molecule has 0 bridgehead atoms. The van der Waals surface area contributed by atoms with E-state index in [1.807, 2.05) is 30.3 Å². The predicted octanol–water partition coefficient (Wildman–Crippen LogP) is 1.41. The van der Waals surface area contributed by atoms with E-state index < -0.39 is 0 Å². The standard InChI is InChI=1S/C15H22N2O2/c1-15(7-9-19-10-8-15)17-14(18)13(11-16)12-5-3-2-4-6-12/h2-6,13H,7-11,16H2,1H3,(H,17,18). The molecule has 104 valence electrons. The Balaban J connectivity index is 2.05. The Morgan fingerprint density at radius 3 is 2.58 bits per heavy atom. The molecule has 1 fully saturated rings. The first-order chi connectivity index (χ1) is 9.14. The average molecular weight is 262 g/mol. The Morgan fingerprint density at radius 2 is 2.00 bits per heavy atom. The molecule has 19 heavy (non-hydrogen) atoms. The van der Waals surface area contributed by atoms with Crippen LogP contribution in [-0.2, 0) is 9.53 Å². The molecule has 1 unspecified atom stereocenters. The molecule has 2 rings (SSSR count). The highest BCUT2D eigenvalue weighted by molar-refractivity contribution is 5.84.